The van der Waals surface area contributed by atoms with Gasteiger partial charge in [0.05, 0.1) is 0 Å². The first-order valence-corrected chi connectivity index (χ1v) is 13.3. The van der Waals surface area contributed by atoms with E-state index in [1.54, 1.807) is 0 Å². The standard InChI is InChI=1S/C21H13.C6H5.C5H5.C2H4.2ClH.Zr/c1-2-8-15-14(7-1)13-20-18-11-4-3-9-16(18)17-10-5-6-12-19(17)21(15)20;1-2-4-6-5-3-1;1-2-4-5-3-1;1-2;;;/h1-10,12H,13H2;1-5H;1-3H,4H2;1H,2H3;2*1H;/q3*-1;;;;. The van der Waals surface area contributed by atoms with Crippen LogP contribution in [0.25, 0.3) is 32.7 Å². The zero-order valence-electron chi connectivity index (χ0n) is 20.8. The first kappa shape index (κ1) is 30.7. The number of allylic oxidation sites excluding steroid dienone is 4. The SMILES string of the molecule is C[CH]=[Zr].Cl.Cl.[C-]1=CC=CC1.[c-]1cccc2c1c1c(c3ccccc32)-c2ccccc2C1.[c-]1ccccc1. The van der Waals surface area contributed by atoms with Gasteiger partial charge in [-0.15, -0.1) is 71.8 Å². The van der Waals surface area contributed by atoms with E-state index in [0.29, 0.717) is 0 Å². The molecule has 0 aliphatic heterocycles. The largest absolute Gasteiger partial charge is 0.273 e. The van der Waals surface area contributed by atoms with Gasteiger partial charge in [-0.05, 0) is 28.5 Å². The van der Waals surface area contributed by atoms with Crippen LogP contribution < -0.4 is 0 Å². The van der Waals surface area contributed by atoms with Crippen LogP contribution in [0, 0.1) is 18.2 Å². The molecule has 5 aromatic carbocycles. The van der Waals surface area contributed by atoms with Gasteiger partial charge in [-0.25, -0.2) is 12.2 Å². The zero-order chi connectivity index (χ0) is 24.3. The Morgan fingerprint density at radius 3 is 2.03 bits per heavy atom. The predicted octanol–water partition coefficient (Wildman–Crippen LogP) is 9.36. The van der Waals surface area contributed by atoms with E-state index < -0.39 is 0 Å². The van der Waals surface area contributed by atoms with Crippen molar-refractivity contribution < 1.29 is 24.2 Å². The Bertz CT molecular complexity index is 1430. The van der Waals surface area contributed by atoms with E-state index in [1.165, 1.54) is 68.0 Å². The molecular formula is C34H29Cl2Zr-3. The van der Waals surface area contributed by atoms with Crippen molar-refractivity contribution in [1.82, 2.24) is 0 Å². The Balaban J connectivity index is 0.000000250. The van der Waals surface area contributed by atoms with Crippen molar-refractivity contribution in [2.24, 2.45) is 0 Å². The van der Waals surface area contributed by atoms with E-state index in [4.69, 9.17) is 0 Å². The number of rotatable bonds is 0. The number of hydrogen-bond acceptors (Lipinski definition) is 0. The molecule has 0 unspecified atom stereocenters. The van der Waals surface area contributed by atoms with Crippen LogP contribution in [-0.4, -0.2) is 3.71 Å². The van der Waals surface area contributed by atoms with E-state index >= 15 is 0 Å². The molecule has 2 aliphatic carbocycles. The van der Waals surface area contributed by atoms with Gasteiger partial charge >= 0.3 is 34.9 Å². The van der Waals surface area contributed by atoms with E-state index in [2.05, 4.69) is 88.7 Å². The molecular weight excluding hydrogens is 571 g/mol. The molecule has 0 atom stereocenters. The normalized spacial score (nSPS) is 11.1. The van der Waals surface area contributed by atoms with Gasteiger partial charge in [0.2, 0.25) is 0 Å². The smallest absolute Gasteiger partial charge is 0.0240 e. The van der Waals surface area contributed by atoms with Crippen molar-refractivity contribution in [1.29, 1.82) is 0 Å². The summed E-state index contributed by atoms with van der Waals surface area (Å²) in [4.78, 5) is 0. The second-order valence-corrected chi connectivity index (χ2v) is 9.48. The summed E-state index contributed by atoms with van der Waals surface area (Å²) in [5, 5.41) is 5.30. The van der Waals surface area contributed by atoms with Crippen molar-refractivity contribution >= 4 is 50.1 Å². The van der Waals surface area contributed by atoms with Gasteiger partial charge in [-0.2, -0.15) is 42.5 Å². The fraction of sp³-hybridized carbons (Fsp3) is 0.0882. The maximum atomic E-state index is 3.48. The number of halogens is 2. The minimum absolute atomic E-state index is 0. The van der Waals surface area contributed by atoms with E-state index in [-0.39, 0.29) is 24.8 Å². The van der Waals surface area contributed by atoms with Crippen LogP contribution in [0.5, 0.6) is 0 Å². The summed E-state index contributed by atoms with van der Waals surface area (Å²) < 4.78 is 2.09. The second kappa shape index (κ2) is 16.3. The van der Waals surface area contributed by atoms with E-state index in [0.717, 1.165) is 12.8 Å². The van der Waals surface area contributed by atoms with Gasteiger partial charge in [0, 0.05) is 0 Å². The van der Waals surface area contributed by atoms with E-state index in [9.17, 15) is 0 Å². The van der Waals surface area contributed by atoms with Crippen LogP contribution in [0.15, 0.2) is 115 Å². The maximum absolute atomic E-state index is 3.48. The van der Waals surface area contributed by atoms with Crippen LogP contribution >= 0.6 is 24.8 Å². The molecule has 0 N–H and O–H groups in total. The zero-order valence-corrected chi connectivity index (χ0v) is 24.9. The molecule has 5 aromatic rings. The van der Waals surface area contributed by atoms with Crippen LogP contribution in [-0.2, 0) is 30.7 Å². The molecule has 0 fully saturated rings. The molecule has 2 aliphatic rings. The van der Waals surface area contributed by atoms with Gasteiger partial charge in [0.25, 0.3) is 0 Å². The molecule has 0 saturated heterocycles. The number of hydrogen-bond donors (Lipinski definition) is 0. The maximum Gasteiger partial charge on any atom is -0.0240 e. The molecule has 0 spiro atoms. The molecule has 0 aromatic heterocycles. The second-order valence-electron chi connectivity index (χ2n) is 8.06. The molecule has 3 heteroatoms. The van der Waals surface area contributed by atoms with Crippen LogP contribution in [0.2, 0.25) is 0 Å². The first-order valence-electron chi connectivity index (χ1n) is 11.8. The number of benzene rings is 5. The summed E-state index contributed by atoms with van der Waals surface area (Å²) in [6.45, 7) is 2.04. The first-order chi connectivity index (χ1) is 17.3. The number of fused-ring (bicyclic) bond motifs is 8. The van der Waals surface area contributed by atoms with Crippen molar-refractivity contribution in [2.45, 2.75) is 19.8 Å². The van der Waals surface area contributed by atoms with Crippen molar-refractivity contribution in [3.8, 4) is 11.1 Å². The molecule has 0 heterocycles. The minimum Gasteiger partial charge on any atom is -0.273 e. The molecule has 37 heavy (non-hydrogen) atoms. The Labute approximate surface area is 248 Å². The Hall–Kier alpha value is -2.57. The quantitative estimate of drug-likeness (QED) is 0.121. The molecule has 0 bridgehead atoms. The fourth-order valence-electron chi connectivity index (χ4n) is 4.41. The predicted molar refractivity (Wildman–Crippen MR) is 162 cm³/mol. The monoisotopic (exact) mass is 597 g/mol. The van der Waals surface area contributed by atoms with Crippen LogP contribution in [0.4, 0.5) is 0 Å². The van der Waals surface area contributed by atoms with Crippen molar-refractivity contribution in [2.75, 3.05) is 0 Å². The summed E-state index contributed by atoms with van der Waals surface area (Å²) in [5.41, 5.74) is 5.67. The third kappa shape index (κ3) is 7.72. The van der Waals surface area contributed by atoms with Gasteiger partial charge < -0.3 is 0 Å². The van der Waals surface area contributed by atoms with Gasteiger partial charge in [-0.1, -0.05) is 53.9 Å². The van der Waals surface area contributed by atoms with E-state index in [1.807, 2.05) is 55.5 Å². The van der Waals surface area contributed by atoms with Gasteiger partial charge in [0.15, 0.2) is 0 Å². The van der Waals surface area contributed by atoms with Crippen molar-refractivity contribution in [3.05, 3.63) is 145 Å². The van der Waals surface area contributed by atoms with Gasteiger partial charge in [-0.3, -0.25) is 6.08 Å². The molecule has 0 amide bonds. The topological polar surface area (TPSA) is 0 Å². The Morgan fingerprint density at radius 1 is 0.757 bits per heavy atom. The van der Waals surface area contributed by atoms with Crippen LogP contribution in [0.3, 0.4) is 0 Å². The van der Waals surface area contributed by atoms with Crippen LogP contribution in [0.1, 0.15) is 24.5 Å². The molecule has 7 rings (SSSR count). The van der Waals surface area contributed by atoms with Crippen molar-refractivity contribution in [3.63, 3.8) is 0 Å². The average Bonchev–Trinajstić information content (AvgIpc) is 3.63. The summed E-state index contributed by atoms with van der Waals surface area (Å²) in [6, 6.07) is 39.8. The summed E-state index contributed by atoms with van der Waals surface area (Å²) in [6.07, 6.45) is 11.0. The summed E-state index contributed by atoms with van der Waals surface area (Å²) in [7, 11) is 0. The fourth-order valence-corrected chi connectivity index (χ4v) is 4.41. The molecule has 0 saturated carbocycles. The Morgan fingerprint density at radius 2 is 1.43 bits per heavy atom. The minimum atomic E-state index is 0. The molecule has 186 valence electrons. The Kier molecular flexibility index (Phi) is 13.5. The summed E-state index contributed by atoms with van der Waals surface area (Å²) >= 11 is 1.51. The summed E-state index contributed by atoms with van der Waals surface area (Å²) in [5.74, 6) is 0. The molecule has 0 nitrogen and oxygen atoms in total. The van der Waals surface area contributed by atoms with Gasteiger partial charge in [0.1, 0.15) is 0 Å². The average molecular weight is 600 g/mol. The molecule has 0 radical (unpaired) electrons. The third-order valence-electron chi connectivity index (χ3n) is 5.79. The third-order valence-corrected chi connectivity index (χ3v) is 5.79.